The minimum absolute atomic E-state index is 0. The van der Waals surface area contributed by atoms with Crippen molar-refractivity contribution in [2.75, 3.05) is 16.8 Å². The van der Waals surface area contributed by atoms with Crippen molar-refractivity contribution in [3.8, 4) is 28.4 Å². The molecule has 3 aromatic heterocycles. The molecule has 55 heavy (non-hydrogen) atoms. The molecule has 0 saturated heterocycles. The Bertz CT molecular complexity index is 3040. The van der Waals surface area contributed by atoms with Gasteiger partial charge in [0.05, 0.1) is 5.52 Å². The van der Waals surface area contributed by atoms with Gasteiger partial charge < -0.3 is 23.7 Å². The van der Waals surface area contributed by atoms with Crippen molar-refractivity contribution < 1.29 is 29.9 Å². The van der Waals surface area contributed by atoms with Crippen molar-refractivity contribution in [3.05, 3.63) is 158 Å². The topological polar surface area (TPSA) is 38.5 Å². The molecule has 0 aliphatic carbocycles. The van der Waals surface area contributed by atoms with E-state index in [2.05, 4.69) is 122 Å². The van der Waals surface area contributed by atoms with Crippen LogP contribution in [-0.4, -0.2) is 21.1 Å². The van der Waals surface area contributed by atoms with E-state index in [-0.39, 0.29) is 26.5 Å². The Hall–Kier alpha value is -5.84. The summed E-state index contributed by atoms with van der Waals surface area (Å²) in [4.78, 5) is 8.26. The van der Waals surface area contributed by atoms with E-state index < -0.39 is 6.98 Å². The molecule has 7 heteroatoms. The van der Waals surface area contributed by atoms with Crippen LogP contribution >= 0.6 is 0 Å². The van der Waals surface area contributed by atoms with Crippen molar-refractivity contribution >= 4 is 60.7 Å². The van der Waals surface area contributed by atoms with Crippen molar-refractivity contribution in [2.45, 2.75) is 26.2 Å². The van der Waals surface area contributed by atoms with Gasteiger partial charge in [0.2, 0.25) is 0 Å². The molecule has 0 atom stereocenters. The molecule has 0 bridgehead atoms. The normalized spacial score (nSPS) is 13.9. The summed E-state index contributed by atoms with van der Waals surface area (Å²) in [6.45, 7) is 5.70. The Balaban J connectivity index is 0.00000436. The van der Waals surface area contributed by atoms with E-state index >= 15 is 0 Å². The van der Waals surface area contributed by atoms with Gasteiger partial charge in [-0.05, 0) is 53.2 Å². The summed E-state index contributed by atoms with van der Waals surface area (Å²) in [5.41, 5.74) is 8.89. The molecular formula is C48H38N5OPt-3. The molecule has 0 fully saturated rings. The van der Waals surface area contributed by atoms with Gasteiger partial charge in [-0.15, -0.1) is 47.0 Å². The zero-order valence-corrected chi connectivity index (χ0v) is 33.0. The standard InChI is InChI=1S/C48H38N5O.Pt/c1-48(2,3)33-24-34(52-30-50(4)43-22-19-32(23-46(43)52)31-13-7-6-8-14-31)26-36(25-33)54-35-20-21-39-37-15-10-12-18-42(37)53(45(39)27-35)47-28-44-40(29-49-47)38-16-9-11-17-41(38)51(44)5;/h6-25,28-30H,1-5H3;/q-3;/i4D3;. The van der Waals surface area contributed by atoms with Crippen molar-refractivity contribution in [1.29, 1.82) is 0 Å². The minimum atomic E-state index is -2.39. The smallest absolute Gasteiger partial charge is 0.137 e. The van der Waals surface area contributed by atoms with Crippen LogP contribution in [0.1, 0.15) is 30.4 Å². The van der Waals surface area contributed by atoms with Crippen LogP contribution in [0.2, 0.25) is 0 Å². The number of hydrogen-bond donors (Lipinski definition) is 0. The van der Waals surface area contributed by atoms with E-state index in [1.165, 1.54) is 10.3 Å². The number of hydrogen-bond acceptors (Lipinski definition) is 4. The summed E-state index contributed by atoms with van der Waals surface area (Å²) in [6.07, 6.45) is 1.96. The van der Waals surface area contributed by atoms with E-state index in [0.717, 1.165) is 66.4 Å². The molecule has 274 valence electrons. The second-order valence-corrected chi connectivity index (χ2v) is 15.0. The van der Waals surface area contributed by atoms with Gasteiger partial charge >= 0.3 is 0 Å². The first-order valence-electron chi connectivity index (χ1n) is 19.6. The Morgan fingerprint density at radius 2 is 1.42 bits per heavy atom. The Morgan fingerprint density at radius 3 is 2.20 bits per heavy atom. The third-order valence-electron chi connectivity index (χ3n) is 10.6. The average molecular weight is 899 g/mol. The van der Waals surface area contributed by atoms with Gasteiger partial charge in [0.15, 0.2) is 0 Å². The third-order valence-corrected chi connectivity index (χ3v) is 10.6. The molecule has 9 aromatic rings. The predicted octanol–water partition coefficient (Wildman–Crippen LogP) is 11.9. The van der Waals surface area contributed by atoms with Crippen LogP contribution in [0.4, 0.5) is 17.1 Å². The summed E-state index contributed by atoms with van der Waals surface area (Å²) in [5, 5.41) is 4.40. The van der Waals surface area contributed by atoms with Gasteiger partial charge in [0, 0.05) is 89.2 Å². The Labute approximate surface area is 339 Å². The molecule has 10 rings (SSSR count). The zero-order chi connectivity index (χ0) is 39.2. The van der Waals surface area contributed by atoms with E-state index in [4.69, 9.17) is 13.8 Å². The number of fused-ring (bicyclic) bond motifs is 7. The SMILES string of the molecule is [2H]C([2H])([2H])N1[CH-]N(c2[c-]c(Oc3[c-]c4c(cc3)c3ccccc3n4-c3cc4c(cn3)c3ccccc3n4C)cc(C(C)(C)C)c2)c2cc(-c3ccccc3)ccc21.[Pt]. The number of benzene rings is 6. The quantitative estimate of drug-likeness (QED) is 0.161. The molecule has 1 aliphatic rings. The second kappa shape index (κ2) is 13.2. The number of rotatable bonds is 5. The summed E-state index contributed by atoms with van der Waals surface area (Å²) >= 11 is 0. The van der Waals surface area contributed by atoms with Crippen LogP contribution in [0.3, 0.4) is 0 Å². The fourth-order valence-corrected chi connectivity index (χ4v) is 7.76. The van der Waals surface area contributed by atoms with Crippen LogP contribution in [-0.2, 0) is 33.5 Å². The first kappa shape index (κ1) is 31.5. The molecule has 6 aromatic carbocycles. The molecule has 0 N–H and O–H groups in total. The van der Waals surface area contributed by atoms with Crippen LogP contribution in [0.15, 0.2) is 134 Å². The first-order chi connectivity index (χ1) is 27.4. The van der Waals surface area contributed by atoms with E-state index in [9.17, 15) is 0 Å². The summed E-state index contributed by atoms with van der Waals surface area (Å²) < 4.78 is 36.2. The van der Waals surface area contributed by atoms with Gasteiger partial charge in [0.1, 0.15) is 5.82 Å². The maximum atomic E-state index is 8.38. The van der Waals surface area contributed by atoms with Crippen LogP contribution in [0.5, 0.6) is 11.5 Å². The number of aryl methyl sites for hydroxylation is 1. The minimum Gasteiger partial charge on any atom is -0.509 e. The number of pyridine rings is 1. The zero-order valence-electron chi connectivity index (χ0n) is 33.7. The Kier molecular flexibility index (Phi) is 7.55. The first-order valence-corrected chi connectivity index (χ1v) is 18.1. The van der Waals surface area contributed by atoms with Crippen LogP contribution in [0.25, 0.3) is 60.6 Å². The fraction of sp³-hybridized carbons (Fsp3) is 0.125. The molecule has 1 aliphatic heterocycles. The Morgan fingerprint density at radius 1 is 0.673 bits per heavy atom. The molecule has 0 unspecified atom stereocenters. The van der Waals surface area contributed by atoms with Crippen molar-refractivity contribution in [1.82, 2.24) is 14.1 Å². The largest absolute Gasteiger partial charge is 0.509 e. The molecule has 0 saturated carbocycles. The van der Waals surface area contributed by atoms with Gasteiger partial charge in [-0.2, -0.15) is 12.7 Å². The average Bonchev–Trinajstić information content (AvgIpc) is 3.85. The van der Waals surface area contributed by atoms with E-state index in [1.807, 2.05) is 65.7 Å². The third kappa shape index (κ3) is 5.79. The molecular weight excluding hydrogens is 858 g/mol. The number of anilines is 3. The van der Waals surface area contributed by atoms with Crippen molar-refractivity contribution in [2.24, 2.45) is 7.05 Å². The molecule has 4 heterocycles. The van der Waals surface area contributed by atoms with Crippen LogP contribution < -0.4 is 14.5 Å². The van der Waals surface area contributed by atoms with Gasteiger partial charge in [-0.3, -0.25) is 0 Å². The van der Waals surface area contributed by atoms with Crippen LogP contribution in [0, 0.1) is 18.8 Å². The maximum absolute atomic E-state index is 8.38. The predicted molar refractivity (Wildman–Crippen MR) is 222 cm³/mol. The van der Waals surface area contributed by atoms with Gasteiger partial charge in [-0.25, -0.2) is 4.98 Å². The molecule has 6 nitrogen and oxygen atoms in total. The monoisotopic (exact) mass is 898 g/mol. The number of nitrogens with zero attached hydrogens (tertiary/aromatic N) is 5. The summed E-state index contributed by atoms with van der Waals surface area (Å²) in [5.74, 6) is 1.80. The number of aromatic nitrogens is 3. The van der Waals surface area contributed by atoms with Crippen molar-refractivity contribution in [3.63, 3.8) is 0 Å². The fourth-order valence-electron chi connectivity index (χ4n) is 7.76. The van der Waals surface area contributed by atoms with Gasteiger partial charge in [0.25, 0.3) is 0 Å². The maximum Gasteiger partial charge on any atom is 0.137 e. The van der Waals surface area contributed by atoms with E-state index in [1.54, 1.807) is 6.67 Å². The molecule has 0 radical (unpaired) electrons. The van der Waals surface area contributed by atoms with E-state index in [0.29, 0.717) is 22.9 Å². The summed E-state index contributed by atoms with van der Waals surface area (Å²) in [7, 11) is 2.09. The van der Waals surface area contributed by atoms with Gasteiger partial charge in [-0.1, -0.05) is 99.1 Å². The molecule has 0 spiro atoms. The second-order valence-electron chi connectivity index (χ2n) is 15.0. The summed E-state index contributed by atoms with van der Waals surface area (Å²) in [6, 6.07) is 50.0. The molecule has 0 amide bonds. The number of ether oxygens (including phenoxy) is 1. The number of para-hydroxylation sites is 2.